The largest absolute Gasteiger partial charge is 0.461 e. The minimum absolute atomic E-state index is 0.0135. The van der Waals surface area contributed by atoms with Gasteiger partial charge in [0.05, 0.1) is 17.0 Å². The maximum absolute atomic E-state index is 16.3. The molecule has 1 atom stereocenters. The summed E-state index contributed by atoms with van der Waals surface area (Å²) in [6.07, 6.45) is 5.85. The maximum atomic E-state index is 16.3. The highest BCUT2D eigenvalue weighted by Gasteiger charge is 2.45. The van der Waals surface area contributed by atoms with E-state index in [-0.39, 0.29) is 22.8 Å². The molecule has 0 saturated carbocycles. The second kappa shape index (κ2) is 9.20. The van der Waals surface area contributed by atoms with Crippen LogP contribution in [-0.4, -0.2) is 56.3 Å². The van der Waals surface area contributed by atoms with Gasteiger partial charge in [-0.15, -0.1) is 0 Å². The first-order valence-corrected chi connectivity index (χ1v) is 13.5. The predicted molar refractivity (Wildman–Crippen MR) is 145 cm³/mol. The van der Waals surface area contributed by atoms with Crippen LogP contribution < -0.4 is 10.1 Å². The topological polar surface area (TPSA) is 83.4 Å². The summed E-state index contributed by atoms with van der Waals surface area (Å²) >= 11 is 0. The monoisotopic (exact) mass is 529 g/mol. The third kappa shape index (κ3) is 3.94. The Morgan fingerprint density at radius 1 is 1.10 bits per heavy atom. The molecular formula is C30H29F2N5O2. The van der Waals surface area contributed by atoms with Gasteiger partial charge < -0.3 is 15.2 Å². The molecule has 2 aromatic carbocycles. The lowest BCUT2D eigenvalue weighted by molar-refractivity contribution is 0.108. The van der Waals surface area contributed by atoms with Crippen molar-refractivity contribution in [2.75, 3.05) is 25.0 Å². The molecule has 0 amide bonds. The summed E-state index contributed by atoms with van der Waals surface area (Å²) in [6.45, 7) is 4.41. The second-order valence-electron chi connectivity index (χ2n) is 10.9. The maximum Gasteiger partial charge on any atom is 0.319 e. The van der Waals surface area contributed by atoms with Crippen molar-refractivity contribution in [2.24, 2.45) is 0 Å². The summed E-state index contributed by atoms with van der Waals surface area (Å²) in [7, 11) is 0. The highest BCUT2D eigenvalue weighted by molar-refractivity contribution is 5.99. The quantitative estimate of drug-likeness (QED) is 0.337. The van der Waals surface area contributed by atoms with E-state index in [1.165, 1.54) is 12.3 Å². The zero-order chi connectivity index (χ0) is 26.7. The fourth-order valence-electron chi connectivity index (χ4n) is 6.41. The van der Waals surface area contributed by atoms with E-state index in [0.717, 1.165) is 50.0 Å². The van der Waals surface area contributed by atoms with Gasteiger partial charge in [-0.05, 0) is 62.7 Å². The molecule has 7 rings (SSSR count). The fraction of sp³-hybridized carbons (Fsp3) is 0.367. The summed E-state index contributed by atoms with van der Waals surface area (Å²) < 4.78 is 37.4. The van der Waals surface area contributed by atoms with Crippen molar-refractivity contribution in [3.05, 3.63) is 65.5 Å². The number of hydrogen-bond acceptors (Lipinski definition) is 7. The number of pyridine rings is 1. The van der Waals surface area contributed by atoms with Crippen LogP contribution in [-0.2, 0) is 0 Å². The zero-order valence-electron chi connectivity index (χ0n) is 21.7. The van der Waals surface area contributed by atoms with Crippen LogP contribution in [0.15, 0.2) is 53.9 Å². The molecule has 1 unspecified atom stereocenters. The third-order valence-electron chi connectivity index (χ3n) is 8.70. The lowest BCUT2D eigenvalue weighted by Crippen LogP contribution is -2.43. The number of aliphatic hydroxyl groups is 1. The summed E-state index contributed by atoms with van der Waals surface area (Å²) in [5.74, 6) is -0.744. The Hall–Kier alpha value is -3.69. The van der Waals surface area contributed by atoms with Gasteiger partial charge in [-0.2, -0.15) is 9.97 Å². The number of anilines is 1. The third-order valence-corrected chi connectivity index (χ3v) is 8.70. The molecule has 0 spiro atoms. The smallest absolute Gasteiger partial charge is 0.319 e. The molecule has 0 radical (unpaired) electrons. The molecule has 2 saturated heterocycles. The number of aliphatic hydroxyl groups excluding tert-OH is 1. The van der Waals surface area contributed by atoms with Crippen LogP contribution in [0.25, 0.3) is 32.9 Å². The minimum atomic E-state index is -0.667. The standard InChI is InChI=1S/C30H29F2N5O2/c1-17-22(14-23(17)38)34-28-20-15-33-26(19-8-2-6-18-7-3-9-21(31)24(18)19)25(32)27(20)35-29(36-28)39-16-30-10-4-12-37(30)13-5-11-30/h2-3,6-9,15,23,38H,4-5,10-14,16H2,1H3,(H,34,35,36). The summed E-state index contributed by atoms with van der Waals surface area (Å²) in [5, 5.41) is 14.6. The molecule has 2 aromatic heterocycles. The first-order valence-electron chi connectivity index (χ1n) is 13.5. The van der Waals surface area contributed by atoms with Gasteiger partial charge in [-0.1, -0.05) is 30.3 Å². The van der Waals surface area contributed by atoms with Crippen molar-refractivity contribution >= 4 is 27.5 Å². The van der Waals surface area contributed by atoms with E-state index in [1.54, 1.807) is 30.3 Å². The van der Waals surface area contributed by atoms with Gasteiger partial charge in [0, 0.05) is 29.3 Å². The van der Waals surface area contributed by atoms with Crippen molar-refractivity contribution in [3.63, 3.8) is 0 Å². The van der Waals surface area contributed by atoms with Gasteiger partial charge in [0.1, 0.15) is 29.5 Å². The van der Waals surface area contributed by atoms with E-state index in [4.69, 9.17) is 4.74 Å². The Labute approximate surface area is 224 Å². The Kier molecular flexibility index (Phi) is 5.75. The van der Waals surface area contributed by atoms with Crippen molar-refractivity contribution in [1.82, 2.24) is 19.9 Å². The molecule has 2 fully saturated rings. The number of benzene rings is 2. The van der Waals surface area contributed by atoms with E-state index in [2.05, 4.69) is 25.2 Å². The van der Waals surface area contributed by atoms with Crippen LogP contribution in [0.4, 0.5) is 14.6 Å². The number of hydrogen-bond donors (Lipinski definition) is 2. The molecule has 7 nitrogen and oxygen atoms in total. The Morgan fingerprint density at radius 3 is 2.62 bits per heavy atom. The van der Waals surface area contributed by atoms with Gasteiger partial charge >= 0.3 is 6.01 Å². The van der Waals surface area contributed by atoms with Crippen LogP contribution >= 0.6 is 0 Å². The number of ether oxygens (including phenoxy) is 1. The Morgan fingerprint density at radius 2 is 1.87 bits per heavy atom. The fourth-order valence-corrected chi connectivity index (χ4v) is 6.41. The minimum Gasteiger partial charge on any atom is -0.461 e. The highest BCUT2D eigenvalue weighted by atomic mass is 19.1. The van der Waals surface area contributed by atoms with Crippen molar-refractivity contribution < 1.29 is 18.6 Å². The lowest BCUT2D eigenvalue weighted by atomic mass is 9.92. The van der Waals surface area contributed by atoms with E-state index >= 15 is 4.39 Å². The van der Waals surface area contributed by atoms with Crippen LogP contribution in [0.3, 0.4) is 0 Å². The molecule has 2 N–H and O–H groups in total. The van der Waals surface area contributed by atoms with Gasteiger partial charge in [-0.25, -0.2) is 8.78 Å². The zero-order valence-corrected chi connectivity index (χ0v) is 21.7. The lowest BCUT2D eigenvalue weighted by Gasteiger charge is -2.31. The van der Waals surface area contributed by atoms with E-state index in [0.29, 0.717) is 40.6 Å². The molecule has 4 aromatic rings. The van der Waals surface area contributed by atoms with Gasteiger partial charge in [0.15, 0.2) is 5.82 Å². The number of fused-ring (bicyclic) bond motifs is 3. The van der Waals surface area contributed by atoms with Gasteiger partial charge in [0.25, 0.3) is 0 Å². The van der Waals surface area contributed by atoms with Gasteiger partial charge in [-0.3, -0.25) is 9.88 Å². The predicted octanol–water partition coefficient (Wildman–Crippen LogP) is 5.58. The number of nitrogens with zero attached hydrogens (tertiary/aromatic N) is 4. The van der Waals surface area contributed by atoms with Crippen LogP contribution in [0, 0.1) is 11.6 Å². The number of aromatic nitrogens is 3. The summed E-state index contributed by atoms with van der Waals surface area (Å²) in [6, 6.07) is 10.1. The molecule has 9 heteroatoms. The average molecular weight is 530 g/mol. The summed E-state index contributed by atoms with van der Waals surface area (Å²) in [5.41, 5.74) is 2.03. The molecule has 200 valence electrons. The normalized spacial score (nSPS) is 20.5. The molecule has 0 bridgehead atoms. The first-order chi connectivity index (χ1) is 18.9. The average Bonchev–Trinajstić information content (AvgIpc) is 3.53. The van der Waals surface area contributed by atoms with Crippen LogP contribution in [0.1, 0.15) is 39.0 Å². The molecule has 2 aliphatic heterocycles. The molecule has 3 aliphatic rings. The first kappa shape index (κ1) is 24.4. The van der Waals surface area contributed by atoms with Crippen molar-refractivity contribution in [2.45, 2.75) is 50.7 Å². The van der Waals surface area contributed by atoms with Crippen molar-refractivity contribution in [3.8, 4) is 17.3 Å². The number of rotatable bonds is 6. The second-order valence-corrected chi connectivity index (χ2v) is 10.9. The SMILES string of the molecule is CC1=C(Nc2nc(OCC34CCCN3CCC4)nc3c(F)c(-c4cccc5cccc(F)c45)ncc23)CC1O. The van der Waals surface area contributed by atoms with Crippen molar-refractivity contribution in [1.29, 1.82) is 0 Å². The number of nitrogens with one attached hydrogen (secondary N) is 1. The van der Waals surface area contributed by atoms with E-state index in [1.807, 2.05) is 6.92 Å². The Balaban J connectivity index is 1.34. The van der Waals surface area contributed by atoms with E-state index < -0.39 is 17.7 Å². The number of halogens is 2. The summed E-state index contributed by atoms with van der Waals surface area (Å²) in [4.78, 5) is 16.0. The molecule has 39 heavy (non-hydrogen) atoms. The Bertz CT molecular complexity index is 1640. The molecular weight excluding hydrogens is 500 g/mol. The van der Waals surface area contributed by atoms with Crippen LogP contribution in [0.2, 0.25) is 0 Å². The molecule has 4 heterocycles. The molecule has 1 aliphatic carbocycles. The van der Waals surface area contributed by atoms with Gasteiger partial charge in [0.2, 0.25) is 0 Å². The highest BCUT2D eigenvalue weighted by Crippen LogP contribution is 2.40. The van der Waals surface area contributed by atoms with E-state index in [9.17, 15) is 9.50 Å². The van der Waals surface area contributed by atoms with Crippen LogP contribution in [0.5, 0.6) is 6.01 Å².